The lowest BCUT2D eigenvalue weighted by Gasteiger charge is -2.35. The van der Waals surface area contributed by atoms with Gasteiger partial charge < -0.3 is 4.57 Å². The molecule has 0 unspecified atom stereocenters. The second-order valence-corrected chi connectivity index (χ2v) is 7.04. The number of nitriles is 2. The number of hydrogen-bond acceptors (Lipinski definition) is 3. The first-order valence-corrected chi connectivity index (χ1v) is 8.85. The number of nitrogens with zero attached hydrogens (tertiary/aromatic N) is 4. The fourth-order valence-electron chi connectivity index (χ4n) is 4.49. The van der Waals surface area contributed by atoms with Crippen LogP contribution in [0.15, 0.2) is 35.3 Å². The van der Waals surface area contributed by atoms with Gasteiger partial charge in [0.25, 0.3) is 0 Å². The summed E-state index contributed by atoms with van der Waals surface area (Å²) in [6.45, 7) is 0. The molecule has 4 heteroatoms. The highest BCUT2D eigenvalue weighted by Crippen LogP contribution is 2.50. The summed E-state index contributed by atoms with van der Waals surface area (Å²) in [4.78, 5) is 4.83. The van der Waals surface area contributed by atoms with E-state index in [9.17, 15) is 10.5 Å². The molecule has 1 aliphatic carbocycles. The van der Waals surface area contributed by atoms with Gasteiger partial charge >= 0.3 is 0 Å². The van der Waals surface area contributed by atoms with Gasteiger partial charge in [-0.2, -0.15) is 10.5 Å². The molecule has 4 nitrogen and oxygen atoms in total. The van der Waals surface area contributed by atoms with E-state index in [0.717, 1.165) is 35.5 Å². The SMILES string of the molecule is Cn1c(C#N)ccc1-c1ccc2c(c1)C1(CCCCC1)C(CC#N)=N2. The lowest BCUT2D eigenvalue weighted by atomic mass is 9.66. The van der Waals surface area contributed by atoms with E-state index in [1.165, 1.54) is 24.8 Å². The third-order valence-electron chi connectivity index (χ3n) is 5.81. The Kier molecular flexibility index (Phi) is 3.70. The van der Waals surface area contributed by atoms with Crippen LogP contribution in [0.2, 0.25) is 0 Å². The van der Waals surface area contributed by atoms with Gasteiger partial charge in [0.2, 0.25) is 0 Å². The molecule has 25 heavy (non-hydrogen) atoms. The van der Waals surface area contributed by atoms with Crippen LogP contribution in [0.5, 0.6) is 0 Å². The molecule has 2 heterocycles. The fraction of sp³-hybridized carbons (Fsp3) is 0.381. The zero-order valence-electron chi connectivity index (χ0n) is 14.4. The van der Waals surface area contributed by atoms with Crippen molar-refractivity contribution < 1.29 is 0 Å². The summed E-state index contributed by atoms with van der Waals surface area (Å²) in [6.07, 6.45) is 6.22. The highest BCUT2D eigenvalue weighted by atomic mass is 15.0. The molecule has 1 aliphatic heterocycles. The van der Waals surface area contributed by atoms with Crippen LogP contribution in [0.4, 0.5) is 5.69 Å². The molecule has 124 valence electrons. The largest absolute Gasteiger partial charge is 0.335 e. The van der Waals surface area contributed by atoms with E-state index in [4.69, 9.17) is 4.99 Å². The normalized spacial score (nSPS) is 17.6. The molecule has 0 saturated heterocycles. The van der Waals surface area contributed by atoms with E-state index < -0.39 is 0 Å². The van der Waals surface area contributed by atoms with E-state index in [-0.39, 0.29) is 5.41 Å². The minimum Gasteiger partial charge on any atom is -0.335 e. The molecule has 4 rings (SSSR count). The molecule has 2 aliphatic rings. The Hall–Kier alpha value is -2.85. The molecule has 1 aromatic heterocycles. The number of rotatable bonds is 2. The van der Waals surface area contributed by atoms with Crippen molar-refractivity contribution in [3.63, 3.8) is 0 Å². The monoisotopic (exact) mass is 328 g/mol. The summed E-state index contributed by atoms with van der Waals surface area (Å²) in [5.41, 5.74) is 6.10. The van der Waals surface area contributed by atoms with Gasteiger partial charge in [-0.3, -0.25) is 4.99 Å². The number of aliphatic imine (C=N–C) groups is 1. The molecular formula is C21H20N4. The van der Waals surface area contributed by atoms with E-state index in [0.29, 0.717) is 12.1 Å². The van der Waals surface area contributed by atoms with Crippen molar-refractivity contribution in [2.45, 2.75) is 43.9 Å². The van der Waals surface area contributed by atoms with Gasteiger partial charge in [0, 0.05) is 23.9 Å². The van der Waals surface area contributed by atoms with Crippen LogP contribution in [-0.4, -0.2) is 10.3 Å². The minimum atomic E-state index is -0.0530. The third kappa shape index (κ3) is 2.29. The van der Waals surface area contributed by atoms with Crippen LogP contribution in [-0.2, 0) is 12.5 Å². The second-order valence-electron chi connectivity index (χ2n) is 7.04. The molecule has 0 bridgehead atoms. The van der Waals surface area contributed by atoms with Gasteiger partial charge in [-0.15, -0.1) is 0 Å². The summed E-state index contributed by atoms with van der Waals surface area (Å²) < 4.78 is 1.93. The first-order valence-electron chi connectivity index (χ1n) is 8.85. The smallest absolute Gasteiger partial charge is 0.120 e. The van der Waals surface area contributed by atoms with E-state index >= 15 is 0 Å². The van der Waals surface area contributed by atoms with Crippen LogP contribution < -0.4 is 0 Å². The topological polar surface area (TPSA) is 64.9 Å². The lowest BCUT2D eigenvalue weighted by molar-refractivity contribution is 0.383. The van der Waals surface area contributed by atoms with Crippen LogP contribution in [0.1, 0.15) is 49.8 Å². The average Bonchev–Trinajstić information content (AvgIpc) is 3.15. The van der Waals surface area contributed by atoms with Crippen molar-refractivity contribution in [2.24, 2.45) is 12.0 Å². The fourth-order valence-corrected chi connectivity index (χ4v) is 4.49. The van der Waals surface area contributed by atoms with Gasteiger partial charge in [0.05, 0.1) is 18.2 Å². The summed E-state index contributed by atoms with van der Waals surface area (Å²) >= 11 is 0. The van der Waals surface area contributed by atoms with Gasteiger partial charge in [0.1, 0.15) is 11.8 Å². The maximum absolute atomic E-state index is 9.25. The standard InChI is InChI=1S/C21H20N4/c1-25-16(14-23)6-8-19(25)15-5-7-18-17(13-15)21(10-3-2-4-11-21)20(24-18)9-12-22/h5-8,13H,2-4,9-11H2,1H3. The van der Waals surface area contributed by atoms with Crippen LogP contribution in [0.25, 0.3) is 11.3 Å². The maximum Gasteiger partial charge on any atom is 0.120 e. The van der Waals surface area contributed by atoms with Crippen molar-refractivity contribution in [3.8, 4) is 23.4 Å². The zero-order valence-corrected chi connectivity index (χ0v) is 14.4. The van der Waals surface area contributed by atoms with E-state index in [1.54, 1.807) is 0 Å². The Labute approximate surface area is 148 Å². The van der Waals surface area contributed by atoms with Gasteiger partial charge in [-0.25, -0.2) is 0 Å². The molecule has 1 saturated carbocycles. The summed E-state index contributed by atoms with van der Waals surface area (Å²) in [5.74, 6) is 0. The molecule has 1 aromatic carbocycles. The van der Waals surface area contributed by atoms with Gasteiger partial charge in [0.15, 0.2) is 0 Å². The zero-order chi connectivity index (χ0) is 17.4. The summed E-state index contributed by atoms with van der Waals surface area (Å²) in [6, 6.07) is 14.8. The first kappa shape index (κ1) is 15.7. The highest BCUT2D eigenvalue weighted by Gasteiger charge is 2.43. The van der Waals surface area contributed by atoms with Gasteiger partial charge in [-0.05, 0) is 48.2 Å². The Morgan fingerprint density at radius 2 is 1.92 bits per heavy atom. The van der Waals surface area contributed by atoms with E-state index in [2.05, 4.69) is 30.3 Å². The molecule has 1 spiro atoms. The minimum absolute atomic E-state index is 0.0530. The first-order chi connectivity index (χ1) is 12.2. The molecule has 2 aromatic rings. The second kappa shape index (κ2) is 5.90. The summed E-state index contributed by atoms with van der Waals surface area (Å²) in [5, 5.41) is 18.5. The molecule has 1 fully saturated rings. The predicted octanol–water partition coefficient (Wildman–Crippen LogP) is 4.77. The lowest BCUT2D eigenvalue weighted by Crippen LogP contribution is -2.35. The van der Waals surface area contributed by atoms with Crippen LogP contribution in [0, 0.1) is 22.7 Å². The number of benzene rings is 1. The number of hydrogen-bond donors (Lipinski definition) is 0. The van der Waals surface area contributed by atoms with Crippen molar-refractivity contribution in [2.75, 3.05) is 0 Å². The van der Waals surface area contributed by atoms with Gasteiger partial charge in [-0.1, -0.05) is 25.3 Å². The van der Waals surface area contributed by atoms with E-state index in [1.807, 2.05) is 23.7 Å². The highest BCUT2D eigenvalue weighted by molar-refractivity contribution is 6.03. The molecule has 0 amide bonds. The summed E-state index contributed by atoms with van der Waals surface area (Å²) in [7, 11) is 1.93. The predicted molar refractivity (Wildman–Crippen MR) is 97.7 cm³/mol. The molecular weight excluding hydrogens is 308 g/mol. The third-order valence-corrected chi connectivity index (χ3v) is 5.81. The Bertz CT molecular complexity index is 943. The average molecular weight is 328 g/mol. The Balaban J connectivity index is 1.83. The van der Waals surface area contributed by atoms with Crippen molar-refractivity contribution in [3.05, 3.63) is 41.6 Å². The van der Waals surface area contributed by atoms with Crippen molar-refractivity contribution in [1.82, 2.24) is 4.57 Å². The number of aromatic nitrogens is 1. The van der Waals surface area contributed by atoms with Crippen molar-refractivity contribution in [1.29, 1.82) is 10.5 Å². The number of fused-ring (bicyclic) bond motifs is 2. The van der Waals surface area contributed by atoms with Crippen LogP contribution >= 0.6 is 0 Å². The Morgan fingerprint density at radius 3 is 2.60 bits per heavy atom. The maximum atomic E-state index is 9.25. The molecule has 0 atom stereocenters. The Morgan fingerprint density at radius 1 is 1.12 bits per heavy atom. The molecule has 0 radical (unpaired) electrons. The van der Waals surface area contributed by atoms with Crippen LogP contribution in [0.3, 0.4) is 0 Å². The quantitative estimate of drug-likeness (QED) is 0.797. The van der Waals surface area contributed by atoms with Crippen molar-refractivity contribution >= 4 is 11.4 Å². The molecule has 0 N–H and O–H groups in total.